The van der Waals surface area contributed by atoms with E-state index in [0.29, 0.717) is 0 Å². The number of aromatic nitrogens is 3. The van der Waals surface area contributed by atoms with Gasteiger partial charge in [-0.2, -0.15) is 0 Å². The van der Waals surface area contributed by atoms with Gasteiger partial charge in [-0.15, -0.1) is 0 Å². The van der Waals surface area contributed by atoms with Gasteiger partial charge in [0, 0.05) is 17.1 Å². The van der Waals surface area contributed by atoms with Crippen LogP contribution in [0.25, 0.3) is 21.9 Å². The second-order valence-corrected chi connectivity index (χ2v) is 6.63. The maximum absolute atomic E-state index is 4.86. The maximum Gasteiger partial charge on any atom is 0.132 e. The fourth-order valence-electron chi connectivity index (χ4n) is 3.80. The van der Waals surface area contributed by atoms with Gasteiger partial charge in [0.2, 0.25) is 0 Å². The lowest BCUT2D eigenvalue weighted by Crippen LogP contribution is -2.40. The van der Waals surface area contributed by atoms with E-state index in [2.05, 4.69) is 54.3 Å². The third-order valence-corrected chi connectivity index (χ3v) is 5.10. The molecule has 0 fully saturated rings. The molecule has 2 aromatic carbocycles. The van der Waals surface area contributed by atoms with Crippen LogP contribution in [0.15, 0.2) is 42.6 Å². The largest absolute Gasteiger partial charge is 0.361 e. The molecule has 1 atom stereocenters. The molecule has 0 amide bonds. The normalized spacial score (nSPS) is 14.3. The van der Waals surface area contributed by atoms with Gasteiger partial charge >= 0.3 is 0 Å². The van der Waals surface area contributed by atoms with Crippen LogP contribution in [0.1, 0.15) is 29.4 Å². The number of aryl methyl sites for hydroxylation is 2. The zero-order valence-corrected chi connectivity index (χ0v) is 14.5. The van der Waals surface area contributed by atoms with Crippen molar-refractivity contribution in [2.75, 3.05) is 7.05 Å². The molecule has 4 nitrogen and oxygen atoms in total. The van der Waals surface area contributed by atoms with Crippen LogP contribution in [0.5, 0.6) is 0 Å². The Morgan fingerprint density at radius 1 is 1.08 bits per heavy atom. The van der Waals surface area contributed by atoms with Gasteiger partial charge in [0.15, 0.2) is 0 Å². The van der Waals surface area contributed by atoms with Crippen molar-refractivity contribution in [2.45, 2.75) is 26.3 Å². The number of H-pyrrole nitrogens is 2. The van der Waals surface area contributed by atoms with Crippen LogP contribution in [-0.2, 0) is 5.54 Å². The van der Waals surface area contributed by atoms with E-state index in [4.69, 9.17) is 4.98 Å². The van der Waals surface area contributed by atoms with E-state index < -0.39 is 5.54 Å². The Labute approximate surface area is 141 Å². The van der Waals surface area contributed by atoms with Crippen molar-refractivity contribution in [1.29, 1.82) is 0 Å². The van der Waals surface area contributed by atoms with E-state index in [1.807, 2.05) is 31.4 Å². The molecule has 4 heteroatoms. The highest BCUT2D eigenvalue weighted by atomic mass is 15.1. The standard InChI is InChI=1S/C20H22N4/c1-12-11-13(2)18-14(9-10-22-18)17(12)20(3,21-4)19-23-15-7-5-6-8-16(15)24-19/h5-11,21-22H,1-4H3,(H,23,24). The predicted molar refractivity (Wildman–Crippen MR) is 99.4 cm³/mol. The molecule has 0 aliphatic heterocycles. The lowest BCUT2D eigenvalue weighted by atomic mass is 9.84. The molecule has 0 aliphatic carbocycles. The van der Waals surface area contributed by atoms with E-state index in [1.165, 1.54) is 27.6 Å². The first-order valence-corrected chi connectivity index (χ1v) is 8.26. The number of para-hydroxylation sites is 2. The topological polar surface area (TPSA) is 56.5 Å². The minimum atomic E-state index is -0.406. The van der Waals surface area contributed by atoms with Crippen LogP contribution in [0.4, 0.5) is 0 Å². The summed E-state index contributed by atoms with van der Waals surface area (Å²) in [6.45, 7) is 6.51. The Morgan fingerprint density at radius 2 is 1.88 bits per heavy atom. The zero-order valence-electron chi connectivity index (χ0n) is 14.5. The van der Waals surface area contributed by atoms with Crippen LogP contribution < -0.4 is 5.32 Å². The minimum absolute atomic E-state index is 0.406. The highest BCUT2D eigenvalue weighted by molar-refractivity contribution is 5.88. The quantitative estimate of drug-likeness (QED) is 0.531. The average Bonchev–Trinajstić information content (AvgIpc) is 3.21. The highest BCUT2D eigenvalue weighted by Crippen LogP contribution is 2.37. The van der Waals surface area contributed by atoms with Crippen LogP contribution in [0.3, 0.4) is 0 Å². The van der Waals surface area contributed by atoms with Crippen molar-refractivity contribution in [2.24, 2.45) is 0 Å². The molecule has 0 aliphatic rings. The number of benzene rings is 2. The summed E-state index contributed by atoms with van der Waals surface area (Å²) in [5.41, 5.74) is 6.61. The van der Waals surface area contributed by atoms with Crippen molar-refractivity contribution >= 4 is 21.9 Å². The van der Waals surface area contributed by atoms with Gasteiger partial charge in [0.05, 0.1) is 11.0 Å². The number of nitrogens with zero attached hydrogens (tertiary/aromatic N) is 1. The molecule has 4 rings (SSSR count). The summed E-state index contributed by atoms with van der Waals surface area (Å²) in [7, 11) is 1.99. The van der Waals surface area contributed by atoms with Gasteiger partial charge in [-0.1, -0.05) is 18.2 Å². The molecule has 0 saturated carbocycles. The third-order valence-electron chi connectivity index (χ3n) is 5.10. The molecule has 24 heavy (non-hydrogen) atoms. The lowest BCUT2D eigenvalue weighted by molar-refractivity contribution is 0.462. The smallest absolute Gasteiger partial charge is 0.132 e. The van der Waals surface area contributed by atoms with E-state index in [9.17, 15) is 0 Å². The third kappa shape index (κ3) is 2.00. The Balaban J connectivity index is 2.03. The number of imidazole rings is 1. The number of nitrogens with one attached hydrogen (secondary N) is 3. The van der Waals surface area contributed by atoms with E-state index in [1.54, 1.807) is 0 Å². The monoisotopic (exact) mass is 318 g/mol. The number of rotatable bonds is 3. The Kier molecular flexibility index (Phi) is 3.25. The summed E-state index contributed by atoms with van der Waals surface area (Å²) < 4.78 is 0. The molecule has 3 N–H and O–H groups in total. The molecule has 2 heterocycles. The fourth-order valence-corrected chi connectivity index (χ4v) is 3.80. The molecule has 122 valence electrons. The summed E-state index contributed by atoms with van der Waals surface area (Å²) >= 11 is 0. The van der Waals surface area contributed by atoms with Gasteiger partial charge in [0.1, 0.15) is 11.4 Å². The molecular formula is C20H22N4. The molecule has 0 radical (unpaired) electrons. The van der Waals surface area contributed by atoms with Crippen LogP contribution in [0.2, 0.25) is 0 Å². The average molecular weight is 318 g/mol. The van der Waals surface area contributed by atoms with Gasteiger partial charge in [-0.3, -0.25) is 0 Å². The molecular weight excluding hydrogens is 296 g/mol. The van der Waals surface area contributed by atoms with E-state index in [-0.39, 0.29) is 0 Å². The second-order valence-electron chi connectivity index (χ2n) is 6.63. The van der Waals surface area contributed by atoms with Gasteiger partial charge in [-0.05, 0) is 62.7 Å². The van der Waals surface area contributed by atoms with Gasteiger partial charge in [-0.25, -0.2) is 4.98 Å². The number of hydrogen-bond acceptors (Lipinski definition) is 2. The molecule has 0 spiro atoms. The van der Waals surface area contributed by atoms with E-state index >= 15 is 0 Å². The van der Waals surface area contributed by atoms with Crippen LogP contribution >= 0.6 is 0 Å². The first kappa shape index (κ1) is 15.0. The number of fused-ring (bicyclic) bond motifs is 2. The molecule has 4 aromatic rings. The fraction of sp³-hybridized carbons (Fsp3) is 0.250. The first-order valence-electron chi connectivity index (χ1n) is 8.26. The molecule has 1 unspecified atom stereocenters. The van der Waals surface area contributed by atoms with Crippen molar-refractivity contribution < 1.29 is 0 Å². The molecule has 0 bridgehead atoms. The summed E-state index contributed by atoms with van der Waals surface area (Å²) in [4.78, 5) is 11.7. The van der Waals surface area contributed by atoms with Gasteiger partial charge in [0.25, 0.3) is 0 Å². The van der Waals surface area contributed by atoms with Crippen LogP contribution in [0, 0.1) is 13.8 Å². The Bertz CT molecular complexity index is 1010. The van der Waals surface area contributed by atoms with Crippen molar-refractivity contribution in [3.05, 3.63) is 65.1 Å². The SMILES string of the molecule is CNC(C)(c1nc2ccccc2[nH]1)c1c(C)cc(C)c2[nH]ccc12. The number of aromatic amines is 2. The highest BCUT2D eigenvalue weighted by Gasteiger charge is 2.34. The van der Waals surface area contributed by atoms with Crippen molar-refractivity contribution in [1.82, 2.24) is 20.3 Å². The first-order chi connectivity index (χ1) is 11.5. The zero-order chi connectivity index (χ0) is 16.9. The van der Waals surface area contributed by atoms with Gasteiger partial charge < -0.3 is 15.3 Å². The Hall–Kier alpha value is -2.59. The molecule has 2 aromatic heterocycles. The van der Waals surface area contributed by atoms with Crippen molar-refractivity contribution in [3.63, 3.8) is 0 Å². The summed E-state index contributed by atoms with van der Waals surface area (Å²) in [5, 5.41) is 4.75. The lowest BCUT2D eigenvalue weighted by Gasteiger charge is -2.30. The maximum atomic E-state index is 4.86. The number of hydrogen-bond donors (Lipinski definition) is 3. The van der Waals surface area contributed by atoms with E-state index in [0.717, 1.165) is 16.9 Å². The molecule has 0 saturated heterocycles. The Morgan fingerprint density at radius 3 is 2.62 bits per heavy atom. The van der Waals surface area contributed by atoms with Crippen molar-refractivity contribution in [3.8, 4) is 0 Å². The predicted octanol–water partition coefficient (Wildman–Crippen LogP) is 4.14. The second kappa shape index (κ2) is 5.21. The summed E-state index contributed by atoms with van der Waals surface area (Å²) in [6.07, 6.45) is 2.01. The summed E-state index contributed by atoms with van der Waals surface area (Å²) in [5.74, 6) is 0.931. The minimum Gasteiger partial charge on any atom is -0.361 e. The summed E-state index contributed by atoms with van der Waals surface area (Å²) in [6, 6.07) is 12.6. The van der Waals surface area contributed by atoms with Crippen LogP contribution in [-0.4, -0.2) is 22.0 Å².